The number of hydrogen-bond donors (Lipinski definition) is 3. The first-order chi connectivity index (χ1) is 12.9. The number of nitrogens with one attached hydrogen (secondary N) is 1. The van der Waals surface area contributed by atoms with Crippen molar-refractivity contribution in [2.45, 2.75) is 26.2 Å². The van der Waals surface area contributed by atoms with E-state index in [4.69, 9.17) is 0 Å². The van der Waals surface area contributed by atoms with Gasteiger partial charge in [-0.15, -0.1) is 0 Å². The van der Waals surface area contributed by atoms with Crippen molar-refractivity contribution in [2.24, 2.45) is 5.92 Å². The molecule has 0 aliphatic carbocycles. The van der Waals surface area contributed by atoms with E-state index in [1.54, 1.807) is 25.2 Å². The van der Waals surface area contributed by atoms with Gasteiger partial charge < -0.3 is 15.5 Å². The molecule has 0 bridgehead atoms. The summed E-state index contributed by atoms with van der Waals surface area (Å²) in [6.45, 7) is 3.36. The maximum Gasteiger partial charge on any atom is 0.333 e. The van der Waals surface area contributed by atoms with Gasteiger partial charge in [-0.05, 0) is 48.2 Å². The van der Waals surface area contributed by atoms with Gasteiger partial charge in [0, 0.05) is 23.2 Å². The van der Waals surface area contributed by atoms with Gasteiger partial charge in [-0.2, -0.15) is 11.3 Å². The van der Waals surface area contributed by atoms with Crippen LogP contribution in [-0.4, -0.2) is 22.2 Å². The maximum absolute atomic E-state index is 11.9. The van der Waals surface area contributed by atoms with Gasteiger partial charge in [-0.3, -0.25) is 0 Å². The molecule has 1 unspecified atom stereocenters. The van der Waals surface area contributed by atoms with Gasteiger partial charge in [0.1, 0.15) is 0 Å². The van der Waals surface area contributed by atoms with Gasteiger partial charge in [0.05, 0.1) is 11.1 Å². The van der Waals surface area contributed by atoms with Gasteiger partial charge in [0.2, 0.25) is 0 Å². The van der Waals surface area contributed by atoms with Crippen molar-refractivity contribution in [1.82, 2.24) is 5.32 Å². The Bertz CT molecular complexity index is 877. The molecule has 140 valence electrons. The minimum atomic E-state index is -1.09. The molecule has 0 saturated heterocycles. The van der Waals surface area contributed by atoms with Crippen molar-refractivity contribution in [2.75, 3.05) is 0 Å². The quantitative estimate of drug-likeness (QED) is 0.696. The van der Waals surface area contributed by atoms with Gasteiger partial charge in [0.25, 0.3) is 0 Å². The highest BCUT2D eigenvalue weighted by Crippen LogP contribution is 2.40. The number of allylic oxidation sites excluding steroid dienone is 2. The molecular weight excluding hydrogens is 362 g/mol. The third kappa shape index (κ3) is 3.80. The highest BCUT2D eigenvalue weighted by Gasteiger charge is 2.37. The zero-order chi connectivity index (χ0) is 19.6. The van der Waals surface area contributed by atoms with E-state index in [1.165, 1.54) is 0 Å². The first-order valence-corrected chi connectivity index (χ1v) is 9.56. The fourth-order valence-electron chi connectivity index (χ4n) is 3.80. The minimum Gasteiger partial charge on any atom is -0.478 e. The Morgan fingerprint density at radius 2 is 1.59 bits per heavy atom. The largest absolute Gasteiger partial charge is 0.478 e. The first-order valence-electron chi connectivity index (χ1n) is 8.62. The average Bonchev–Trinajstić information content (AvgIpc) is 3.13. The number of rotatable bonds is 6. The Kier molecular flexibility index (Phi) is 5.46. The van der Waals surface area contributed by atoms with E-state index in [9.17, 15) is 19.8 Å². The fourth-order valence-corrected chi connectivity index (χ4v) is 4.51. The summed E-state index contributed by atoms with van der Waals surface area (Å²) in [7, 11) is 0. The molecule has 3 rings (SSSR count). The molecule has 2 heterocycles. The second kappa shape index (κ2) is 7.80. The van der Waals surface area contributed by atoms with Gasteiger partial charge >= 0.3 is 11.9 Å². The standard InChI is InChI=1S/C21H21NO4S/c1-12-18(20(23)24)17(19(21(25)26)13(2)22-12)10-16(15-8-9-27-11-15)14-6-4-3-5-7-14/h3-9,11,16-17,22H,10H2,1-2H3,(H,23,24)(H,25,26). The van der Waals surface area contributed by atoms with Crippen LogP contribution in [0, 0.1) is 5.92 Å². The molecular formula is C21H21NO4S. The van der Waals surface area contributed by atoms with Crippen molar-refractivity contribution < 1.29 is 19.8 Å². The Labute approximate surface area is 161 Å². The van der Waals surface area contributed by atoms with Crippen LogP contribution in [0.1, 0.15) is 37.3 Å². The zero-order valence-electron chi connectivity index (χ0n) is 15.1. The lowest BCUT2D eigenvalue weighted by atomic mass is 9.76. The highest BCUT2D eigenvalue weighted by atomic mass is 32.1. The summed E-state index contributed by atoms with van der Waals surface area (Å²) in [5.41, 5.74) is 3.33. The smallest absolute Gasteiger partial charge is 0.333 e. The molecule has 0 radical (unpaired) electrons. The second-order valence-electron chi connectivity index (χ2n) is 6.62. The number of aliphatic carboxylic acids is 2. The molecule has 1 atom stereocenters. The molecule has 1 aliphatic heterocycles. The fraction of sp³-hybridized carbons (Fsp3) is 0.238. The Morgan fingerprint density at radius 1 is 1.00 bits per heavy atom. The summed E-state index contributed by atoms with van der Waals surface area (Å²) in [6.07, 6.45) is 0.375. The average molecular weight is 383 g/mol. The summed E-state index contributed by atoms with van der Waals surface area (Å²) in [5.74, 6) is -2.97. The zero-order valence-corrected chi connectivity index (χ0v) is 15.9. The minimum absolute atomic E-state index is 0.0927. The third-order valence-electron chi connectivity index (χ3n) is 4.96. The summed E-state index contributed by atoms with van der Waals surface area (Å²) >= 11 is 1.57. The summed E-state index contributed by atoms with van der Waals surface area (Å²) < 4.78 is 0. The Balaban J connectivity index is 2.10. The lowest BCUT2D eigenvalue weighted by Gasteiger charge is -2.31. The SMILES string of the molecule is CC1=C(C(=O)O)C(CC(c2ccccc2)c2ccsc2)C(C(=O)O)=C(C)N1. The molecule has 1 aromatic heterocycles. The van der Waals surface area contributed by atoms with Crippen LogP contribution in [0.3, 0.4) is 0 Å². The molecule has 0 amide bonds. The van der Waals surface area contributed by atoms with Gasteiger partial charge in [0.15, 0.2) is 0 Å². The van der Waals surface area contributed by atoms with Crippen molar-refractivity contribution in [3.05, 3.63) is 80.8 Å². The van der Waals surface area contributed by atoms with Crippen molar-refractivity contribution >= 4 is 23.3 Å². The van der Waals surface area contributed by atoms with Crippen LogP contribution >= 0.6 is 11.3 Å². The van der Waals surface area contributed by atoms with Crippen LogP contribution in [0.4, 0.5) is 0 Å². The van der Waals surface area contributed by atoms with Crippen molar-refractivity contribution in [3.63, 3.8) is 0 Å². The number of dihydropyridines is 1. The monoisotopic (exact) mass is 383 g/mol. The molecule has 1 aliphatic rings. The molecule has 5 nitrogen and oxygen atoms in total. The summed E-state index contributed by atoms with van der Waals surface area (Å²) in [4.78, 5) is 23.9. The lowest BCUT2D eigenvalue weighted by Crippen LogP contribution is -2.33. The van der Waals surface area contributed by atoms with Crippen molar-refractivity contribution in [1.29, 1.82) is 0 Å². The van der Waals surface area contributed by atoms with E-state index in [-0.39, 0.29) is 17.1 Å². The normalized spacial score (nSPS) is 16.2. The van der Waals surface area contributed by atoms with E-state index >= 15 is 0 Å². The van der Waals surface area contributed by atoms with E-state index < -0.39 is 17.9 Å². The molecule has 0 spiro atoms. The van der Waals surface area contributed by atoms with E-state index in [0.717, 1.165) is 11.1 Å². The topological polar surface area (TPSA) is 86.6 Å². The summed E-state index contributed by atoms with van der Waals surface area (Å²) in [6, 6.07) is 11.8. The Hall–Kier alpha value is -2.86. The first kappa shape index (κ1) is 18.9. The molecule has 1 aromatic carbocycles. The lowest BCUT2D eigenvalue weighted by molar-refractivity contribution is -0.134. The van der Waals surface area contributed by atoms with E-state index in [0.29, 0.717) is 17.8 Å². The number of hydrogen-bond acceptors (Lipinski definition) is 4. The predicted octanol–water partition coefficient (Wildman–Crippen LogP) is 4.21. The van der Waals surface area contributed by atoms with Crippen LogP contribution in [0.2, 0.25) is 0 Å². The Morgan fingerprint density at radius 3 is 2.07 bits per heavy atom. The highest BCUT2D eigenvalue weighted by molar-refractivity contribution is 7.08. The molecule has 0 saturated carbocycles. The number of carboxylic acids is 2. The van der Waals surface area contributed by atoms with Crippen LogP contribution in [-0.2, 0) is 9.59 Å². The van der Waals surface area contributed by atoms with Crippen LogP contribution < -0.4 is 5.32 Å². The van der Waals surface area contributed by atoms with Gasteiger partial charge in [-0.25, -0.2) is 9.59 Å². The molecule has 27 heavy (non-hydrogen) atoms. The summed E-state index contributed by atoms with van der Waals surface area (Å²) in [5, 5.41) is 26.5. The predicted molar refractivity (Wildman–Crippen MR) is 105 cm³/mol. The number of benzene rings is 1. The number of thiophene rings is 1. The van der Waals surface area contributed by atoms with E-state index in [1.807, 2.05) is 47.2 Å². The number of carbonyl (C=O) groups is 2. The van der Waals surface area contributed by atoms with Gasteiger partial charge in [-0.1, -0.05) is 30.3 Å². The molecule has 6 heteroatoms. The second-order valence-corrected chi connectivity index (χ2v) is 7.40. The molecule has 0 fully saturated rings. The van der Waals surface area contributed by atoms with Crippen molar-refractivity contribution in [3.8, 4) is 0 Å². The van der Waals surface area contributed by atoms with Crippen LogP contribution in [0.25, 0.3) is 0 Å². The molecule has 2 aromatic rings. The molecule has 3 N–H and O–H groups in total. The maximum atomic E-state index is 11.9. The van der Waals surface area contributed by atoms with Crippen LogP contribution in [0.15, 0.2) is 69.7 Å². The van der Waals surface area contributed by atoms with Crippen LogP contribution in [0.5, 0.6) is 0 Å². The van der Waals surface area contributed by atoms with E-state index in [2.05, 4.69) is 5.32 Å². The number of carboxylic acid groups (broad SMARTS) is 2. The third-order valence-corrected chi connectivity index (χ3v) is 5.66.